The number of Topliss-reactive ketones (excluding diaryl/α,β-unsaturated/α-hetero) is 1. The lowest BCUT2D eigenvalue weighted by molar-refractivity contribution is -0.289. The third kappa shape index (κ3) is 10.3. The third-order valence-corrected chi connectivity index (χ3v) is 12.8. The number of aliphatic hydroxyl groups is 1. The van der Waals surface area contributed by atoms with Crippen molar-refractivity contribution in [3.63, 3.8) is 0 Å². The zero-order valence-corrected chi connectivity index (χ0v) is 37.3. The molecule has 0 spiro atoms. The molecule has 0 aromatic carbocycles. The number of carbonyl (C=O) groups excluding carboxylic acids is 4. The zero-order valence-electron chi connectivity index (χ0n) is 37.3. The second-order valence-electron chi connectivity index (χ2n) is 17.6. The van der Waals surface area contributed by atoms with Crippen molar-refractivity contribution in [2.45, 2.75) is 160 Å². The third-order valence-electron chi connectivity index (χ3n) is 12.8. The van der Waals surface area contributed by atoms with Gasteiger partial charge in [-0.1, -0.05) is 25.1 Å². The van der Waals surface area contributed by atoms with E-state index in [2.05, 4.69) is 15.3 Å². The van der Waals surface area contributed by atoms with Crippen LogP contribution in [0.2, 0.25) is 0 Å². The maximum absolute atomic E-state index is 14.1. The van der Waals surface area contributed by atoms with Gasteiger partial charge in [-0.05, 0) is 98.9 Å². The number of nitrogens with zero attached hydrogens (tertiary/aromatic N) is 7. The Morgan fingerprint density at radius 1 is 1.07 bits per heavy atom. The summed E-state index contributed by atoms with van der Waals surface area (Å²) in [7, 11) is 5.30. The Bertz CT molecular complexity index is 1780. The monoisotopic (exact) mass is 841 g/mol. The van der Waals surface area contributed by atoms with Gasteiger partial charge in [-0.15, -0.1) is 5.10 Å². The van der Waals surface area contributed by atoms with E-state index in [-0.39, 0.29) is 43.4 Å². The molecule has 17 heteroatoms. The first kappa shape index (κ1) is 47.0. The number of unbranched alkanes of at least 4 members (excludes halogenated alkanes) is 1. The number of aromatic nitrogens is 4. The molecule has 2 amide bonds. The molecule has 0 aliphatic carbocycles. The Morgan fingerprint density at radius 3 is 2.42 bits per heavy atom. The molecule has 0 radical (unpaired) electrons. The number of likely N-dealkylation sites (N-methyl/N-ethyl adjacent to an activating group) is 1. The van der Waals surface area contributed by atoms with E-state index in [9.17, 15) is 24.3 Å². The maximum atomic E-state index is 14.1. The molecule has 12 atom stereocenters. The van der Waals surface area contributed by atoms with Crippen LogP contribution in [-0.2, 0) is 44.6 Å². The van der Waals surface area contributed by atoms with Crippen LogP contribution in [0.1, 0.15) is 93.9 Å². The van der Waals surface area contributed by atoms with E-state index < -0.39 is 71.7 Å². The van der Waals surface area contributed by atoms with E-state index in [1.165, 1.54) is 21.0 Å². The van der Waals surface area contributed by atoms with Gasteiger partial charge < -0.3 is 38.6 Å². The average molecular weight is 842 g/mol. The van der Waals surface area contributed by atoms with Gasteiger partial charge >= 0.3 is 12.1 Å². The van der Waals surface area contributed by atoms with Crippen LogP contribution in [0.5, 0.6) is 0 Å². The highest BCUT2D eigenvalue weighted by atomic mass is 16.7. The molecule has 60 heavy (non-hydrogen) atoms. The number of methoxy groups -OCH3 is 1. The van der Waals surface area contributed by atoms with Crippen molar-refractivity contribution in [1.82, 2.24) is 34.7 Å². The smallest absolute Gasteiger partial charge is 0.410 e. The molecule has 2 aromatic rings. The lowest BCUT2D eigenvalue weighted by Crippen LogP contribution is -2.62. The van der Waals surface area contributed by atoms with Gasteiger partial charge in [-0.25, -0.2) is 4.79 Å². The predicted octanol–water partition coefficient (Wildman–Crippen LogP) is 4.11. The number of hydrogen-bond acceptors (Lipinski definition) is 14. The second kappa shape index (κ2) is 19.8. The van der Waals surface area contributed by atoms with Crippen molar-refractivity contribution < 1.29 is 48.0 Å². The largest absolute Gasteiger partial charge is 0.458 e. The van der Waals surface area contributed by atoms with Gasteiger partial charge in [0, 0.05) is 52.3 Å². The van der Waals surface area contributed by atoms with Gasteiger partial charge in [-0.3, -0.25) is 28.9 Å². The normalized spacial score (nSPS) is 34.8. The fourth-order valence-corrected chi connectivity index (χ4v) is 9.31. The number of esters is 1. The Hall–Kier alpha value is -4.03. The fourth-order valence-electron chi connectivity index (χ4n) is 9.31. The summed E-state index contributed by atoms with van der Waals surface area (Å²) in [5.41, 5.74) is -1.14. The van der Waals surface area contributed by atoms with E-state index in [4.69, 9.17) is 23.7 Å². The highest BCUT2D eigenvalue weighted by molar-refractivity contribution is 5.99. The fraction of sp³-hybridized carbons (Fsp3) is 0.744. The maximum Gasteiger partial charge on any atom is 0.410 e. The molecular weight excluding hydrogens is 775 g/mol. The van der Waals surface area contributed by atoms with Gasteiger partial charge in [0.25, 0.3) is 0 Å². The Labute approximate surface area is 354 Å². The minimum Gasteiger partial charge on any atom is -0.458 e. The molecule has 0 bridgehead atoms. The molecule has 3 fully saturated rings. The van der Waals surface area contributed by atoms with E-state index in [1.807, 2.05) is 78.0 Å². The van der Waals surface area contributed by atoms with Gasteiger partial charge in [0.05, 0.1) is 41.8 Å². The second-order valence-corrected chi connectivity index (χ2v) is 17.6. The van der Waals surface area contributed by atoms with Crippen LogP contribution in [-0.4, -0.2) is 158 Å². The summed E-state index contributed by atoms with van der Waals surface area (Å²) < 4.78 is 33.0. The highest BCUT2D eigenvalue weighted by Gasteiger charge is 2.59. The van der Waals surface area contributed by atoms with Crippen molar-refractivity contribution in [3.8, 4) is 11.4 Å². The summed E-state index contributed by atoms with van der Waals surface area (Å²) in [6.07, 6.45) is 0.874. The van der Waals surface area contributed by atoms with Crippen LogP contribution in [0, 0.1) is 11.8 Å². The van der Waals surface area contributed by atoms with E-state index >= 15 is 0 Å². The number of fused-ring (bicyclic) bond motifs is 1. The van der Waals surface area contributed by atoms with Gasteiger partial charge in [0.1, 0.15) is 29.6 Å². The number of aryl methyl sites for hydroxylation is 1. The molecule has 5 rings (SSSR count). The molecular formula is C43H67N7O10. The molecule has 3 saturated heterocycles. The van der Waals surface area contributed by atoms with Crippen LogP contribution in [0.3, 0.4) is 0 Å². The van der Waals surface area contributed by atoms with Crippen molar-refractivity contribution in [2.75, 3.05) is 34.3 Å². The van der Waals surface area contributed by atoms with Gasteiger partial charge in [0.15, 0.2) is 11.9 Å². The van der Waals surface area contributed by atoms with Crippen molar-refractivity contribution in [1.29, 1.82) is 0 Å². The standard InChI is InChI=1S/C43H67N7O10/c1-12-35-43(8)38(49(41(55)60-43)20-16-15-19-48-25-32(45-46-48)31-17-13-14-18-44-31)29(5)50(30(6)51)24-26(2)23-42(7,56-11)36(22-34(52)28(4)39(54)58-35)59-40-37(53)33(47(9)10)21-27(3)57-40/h13-14,17-18,25-29,33,35-38,40,53H,12,15-16,19-24H2,1-11H3/t26-,27?,28-,29-,33?,35-,36-,37?,38-,40+,42+,43-/m1/s1. The number of hydrogen-bond donors (Lipinski definition) is 1. The zero-order chi connectivity index (χ0) is 44.1. The Kier molecular flexibility index (Phi) is 15.5. The minimum atomic E-state index is -1.38. The van der Waals surface area contributed by atoms with Crippen molar-refractivity contribution in [2.24, 2.45) is 11.8 Å². The lowest BCUT2D eigenvalue weighted by atomic mass is 9.82. The van der Waals surface area contributed by atoms with Gasteiger partial charge in [-0.2, -0.15) is 0 Å². The number of ketones is 1. The Balaban J connectivity index is 1.43. The molecule has 2 aromatic heterocycles. The van der Waals surface area contributed by atoms with Crippen molar-refractivity contribution >= 4 is 23.8 Å². The quantitative estimate of drug-likeness (QED) is 0.193. The summed E-state index contributed by atoms with van der Waals surface area (Å²) in [6.45, 7) is 15.3. The number of amides is 2. The molecule has 1 N–H and O–H groups in total. The van der Waals surface area contributed by atoms with E-state index in [0.29, 0.717) is 44.5 Å². The molecule has 3 unspecified atom stereocenters. The SMILES string of the molecule is CC[C@H]1OC(=O)[C@H](C)C(=O)C[C@@H](O[C@@H]2OC(C)CC(N(C)C)C2O)[C@@](C)(OC)C[C@@H](C)CN(C(C)=O)[C@H](C)[C@H]2N(CCCCn3cc(-c4ccccn4)nn3)C(=O)O[C@]12C. The predicted molar refractivity (Wildman–Crippen MR) is 220 cm³/mol. The summed E-state index contributed by atoms with van der Waals surface area (Å²) >= 11 is 0. The number of cyclic esters (lactones) is 1. The lowest BCUT2D eigenvalue weighted by Gasteiger charge is -2.46. The first-order valence-corrected chi connectivity index (χ1v) is 21.4. The first-order chi connectivity index (χ1) is 28.3. The highest BCUT2D eigenvalue weighted by Crippen LogP contribution is 2.41. The molecule has 5 heterocycles. The summed E-state index contributed by atoms with van der Waals surface area (Å²) in [5.74, 6) is -2.86. The molecule has 0 saturated carbocycles. The van der Waals surface area contributed by atoms with Crippen molar-refractivity contribution in [3.05, 3.63) is 30.6 Å². The number of aliphatic hydroxyl groups excluding tert-OH is 1. The number of pyridine rings is 1. The first-order valence-electron chi connectivity index (χ1n) is 21.4. The minimum absolute atomic E-state index is 0.210. The molecule has 17 nitrogen and oxygen atoms in total. The van der Waals surface area contributed by atoms with Crippen LogP contribution < -0.4 is 0 Å². The van der Waals surface area contributed by atoms with E-state index in [1.54, 1.807) is 27.6 Å². The van der Waals surface area contributed by atoms with Crippen LogP contribution in [0.25, 0.3) is 11.4 Å². The summed E-state index contributed by atoms with van der Waals surface area (Å²) in [4.78, 5) is 65.4. The van der Waals surface area contributed by atoms with Crippen LogP contribution in [0.4, 0.5) is 4.79 Å². The number of carbonyl (C=O) groups is 4. The van der Waals surface area contributed by atoms with Gasteiger partial charge in [0.2, 0.25) is 5.91 Å². The number of ether oxygens (including phenoxy) is 5. The molecule has 3 aliphatic rings. The average Bonchev–Trinajstić information content (AvgIpc) is 3.78. The van der Waals surface area contributed by atoms with Crippen LogP contribution >= 0.6 is 0 Å². The number of rotatable bonds is 11. The Morgan fingerprint density at radius 2 is 1.78 bits per heavy atom. The topological polar surface area (TPSA) is 188 Å². The molecule has 334 valence electrons. The summed E-state index contributed by atoms with van der Waals surface area (Å²) in [5, 5.41) is 19.9. The van der Waals surface area contributed by atoms with E-state index in [0.717, 1.165) is 5.69 Å². The van der Waals surface area contributed by atoms with Crippen LogP contribution in [0.15, 0.2) is 30.6 Å². The summed E-state index contributed by atoms with van der Waals surface area (Å²) in [6, 6.07) is 4.02. The molecule has 3 aliphatic heterocycles.